The molecule has 3 rings (SSSR count). The van der Waals surface area contributed by atoms with Gasteiger partial charge in [-0.2, -0.15) is 0 Å². The second kappa shape index (κ2) is 8.99. The van der Waals surface area contributed by atoms with E-state index in [1.54, 1.807) is 30.3 Å². The molecule has 2 N–H and O–H groups in total. The summed E-state index contributed by atoms with van der Waals surface area (Å²) >= 11 is 6.47. The van der Waals surface area contributed by atoms with Crippen LogP contribution in [-0.4, -0.2) is 32.7 Å². The molecular formula is C20H17FN2O3S2. The first-order valence-electron chi connectivity index (χ1n) is 8.52. The summed E-state index contributed by atoms with van der Waals surface area (Å²) in [5.41, 5.74) is 1.31. The molecule has 0 aliphatic carbocycles. The molecule has 0 aromatic heterocycles. The van der Waals surface area contributed by atoms with E-state index < -0.39 is 0 Å². The highest BCUT2D eigenvalue weighted by molar-refractivity contribution is 8.26. The van der Waals surface area contributed by atoms with Gasteiger partial charge in [0.1, 0.15) is 15.9 Å². The van der Waals surface area contributed by atoms with E-state index in [0.29, 0.717) is 27.9 Å². The first-order valence-corrected chi connectivity index (χ1v) is 9.75. The molecule has 8 heteroatoms. The molecular weight excluding hydrogens is 399 g/mol. The number of anilines is 1. The Morgan fingerprint density at radius 1 is 1.18 bits per heavy atom. The fraction of sp³-hybridized carbons (Fsp3) is 0.150. The van der Waals surface area contributed by atoms with E-state index in [-0.39, 0.29) is 29.8 Å². The van der Waals surface area contributed by atoms with E-state index in [0.717, 1.165) is 5.56 Å². The Morgan fingerprint density at radius 2 is 1.86 bits per heavy atom. The number of amides is 2. The number of hydrogen-bond donors (Lipinski definition) is 2. The van der Waals surface area contributed by atoms with Crippen molar-refractivity contribution in [3.63, 3.8) is 0 Å². The third-order valence-electron chi connectivity index (χ3n) is 3.98. The molecule has 1 aliphatic rings. The normalized spacial score (nSPS) is 15.3. The van der Waals surface area contributed by atoms with E-state index in [2.05, 4.69) is 5.32 Å². The van der Waals surface area contributed by atoms with Crippen molar-refractivity contribution in [1.82, 2.24) is 4.90 Å². The van der Waals surface area contributed by atoms with Gasteiger partial charge >= 0.3 is 0 Å². The van der Waals surface area contributed by atoms with E-state index >= 15 is 0 Å². The first-order chi connectivity index (χ1) is 13.4. The zero-order chi connectivity index (χ0) is 20.1. The van der Waals surface area contributed by atoms with Crippen LogP contribution < -0.4 is 5.32 Å². The summed E-state index contributed by atoms with van der Waals surface area (Å²) in [6.45, 7) is 0.342. The van der Waals surface area contributed by atoms with Crippen molar-refractivity contribution in [3.05, 3.63) is 64.8 Å². The molecule has 0 unspecified atom stereocenters. The molecule has 5 nitrogen and oxygen atoms in total. The number of phenolic OH excluding ortho intramolecular Hbond substituents is 1. The van der Waals surface area contributed by atoms with Gasteiger partial charge in [-0.15, -0.1) is 0 Å². The lowest BCUT2D eigenvalue weighted by Crippen LogP contribution is -2.29. The minimum atomic E-state index is -0.338. The summed E-state index contributed by atoms with van der Waals surface area (Å²) in [5, 5.41) is 12.0. The smallest absolute Gasteiger partial charge is 0.266 e. The molecule has 2 aromatic rings. The second-order valence-corrected chi connectivity index (χ2v) is 7.76. The minimum absolute atomic E-state index is 0.126. The summed E-state index contributed by atoms with van der Waals surface area (Å²) < 4.78 is 13.4. The van der Waals surface area contributed by atoms with Crippen molar-refractivity contribution in [2.45, 2.75) is 12.8 Å². The van der Waals surface area contributed by atoms with E-state index in [1.807, 2.05) is 0 Å². The first kappa shape index (κ1) is 20.0. The molecule has 0 radical (unpaired) electrons. The number of hydrogen-bond acceptors (Lipinski definition) is 5. The summed E-state index contributed by atoms with van der Waals surface area (Å²) in [6, 6.07) is 12.0. The number of benzene rings is 2. The van der Waals surface area contributed by atoms with Gasteiger partial charge in [-0.05, 0) is 54.5 Å². The number of carbonyl (C=O) groups is 2. The number of carbonyl (C=O) groups excluding carboxylic acids is 2. The van der Waals surface area contributed by atoms with Gasteiger partial charge < -0.3 is 10.4 Å². The third-order valence-corrected chi connectivity index (χ3v) is 5.36. The van der Waals surface area contributed by atoms with Gasteiger partial charge in [0.25, 0.3) is 5.91 Å². The highest BCUT2D eigenvalue weighted by atomic mass is 32.2. The summed E-state index contributed by atoms with van der Waals surface area (Å²) in [5.74, 6) is -0.604. The van der Waals surface area contributed by atoms with Crippen LogP contribution in [0.5, 0.6) is 5.75 Å². The van der Waals surface area contributed by atoms with Crippen molar-refractivity contribution >= 4 is 51.9 Å². The van der Waals surface area contributed by atoms with Crippen molar-refractivity contribution in [1.29, 1.82) is 0 Å². The molecule has 2 aromatic carbocycles. The summed E-state index contributed by atoms with van der Waals surface area (Å²) in [7, 11) is 0. The third kappa shape index (κ3) is 5.17. The standard InChI is InChI=1S/C20H17FN2O3S2/c21-14-5-3-13(4-6-14)12-17-19(26)23(20(27)28-17)11-1-2-18(25)22-15-7-9-16(24)10-8-15/h3-10,12,24H,1-2,11H2,(H,22,25). The molecule has 1 saturated heterocycles. The van der Waals surface area contributed by atoms with E-state index in [4.69, 9.17) is 12.2 Å². The number of thiocarbonyl (C=S) groups is 1. The monoisotopic (exact) mass is 416 g/mol. The van der Waals surface area contributed by atoms with Crippen LogP contribution in [0.1, 0.15) is 18.4 Å². The number of phenols is 1. The Morgan fingerprint density at radius 3 is 2.54 bits per heavy atom. The molecule has 0 bridgehead atoms. The SMILES string of the molecule is O=C(CCCN1C(=O)C(=Cc2ccc(F)cc2)SC1=S)Nc1ccc(O)cc1. The number of aromatic hydroxyl groups is 1. The lowest BCUT2D eigenvalue weighted by atomic mass is 10.2. The average Bonchev–Trinajstić information content (AvgIpc) is 2.93. The fourth-order valence-electron chi connectivity index (χ4n) is 2.57. The zero-order valence-corrected chi connectivity index (χ0v) is 16.4. The van der Waals surface area contributed by atoms with Crippen LogP contribution in [0, 0.1) is 5.82 Å². The van der Waals surface area contributed by atoms with Crippen LogP contribution in [0.2, 0.25) is 0 Å². The maximum atomic E-state index is 13.0. The van der Waals surface area contributed by atoms with Crippen LogP contribution in [-0.2, 0) is 9.59 Å². The fourth-order valence-corrected chi connectivity index (χ4v) is 3.88. The van der Waals surface area contributed by atoms with Crippen LogP contribution in [0.3, 0.4) is 0 Å². The topological polar surface area (TPSA) is 69.6 Å². The molecule has 1 aliphatic heterocycles. The van der Waals surface area contributed by atoms with Gasteiger partial charge in [0.15, 0.2) is 0 Å². The molecule has 0 saturated carbocycles. The number of nitrogens with zero attached hydrogens (tertiary/aromatic N) is 1. The van der Waals surface area contributed by atoms with E-state index in [9.17, 15) is 19.1 Å². The van der Waals surface area contributed by atoms with Crippen LogP contribution >= 0.6 is 24.0 Å². The highest BCUT2D eigenvalue weighted by Crippen LogP contribution is 2.32. The van der Waals surface area contributed by atoms with E-state index in [1.165, 1.54) is 40.9 Å². The maximum Gasteiger partial charge on any atom is 0.266 e. The number of halogens is 1. The predicted molar refractivity (Wildman–Crippen MR) is 112 cm³/mol. The Hall–Kier alpha value is -2.71. The Bertz CT molecular complexity index is 927. The maximum absolute atomic E-state index is 13.0. The van der Waals surface area contributed by atoms with Crippen LogP contribution in [0.25, 0.3) is 6.08 Å². The molecule has 1 heterocycles. The second-order valence-electron chi connectivity index (χ2n) is 6.08. The Balaban J connectivity index is 1.52. The lowest BCUT2D eigenvalue weighted by Gasteiger charge is -2.14. The largest absolute Gasteiger partial charge is 0.508 e. The predicted octanol–water partition coefficient (Wildman–Crippen LogP) is 4.15. The Kier molecular flexibility index (Phi) is 6.43. The van der Waals surface area contributed by atoms with Gasteiger partial charge in [-0.25, -0.2) is 4.39 Å². The van der Waals surface area contributed by atoms with Gasteiger partial charge in [0.05, 0.1) is 4.91 Å². The number of thioether (sulfide) groups is 1. The number of nitrogens with one attached hydrogen (secondary N) is 1. The zero-order valence-electron chi connectivity index (χ0n) is 14.7. The molecule has 2 amide bonds. The summed E-state index contributed by atoms with van der Waals surface area (Å²) in [4.78, 5) is 26.5. The Labute approximate surface area is 171 Å². The molecule has 28 heavy (non-hydrogen) atoms. The molecule has 144 valence electrons. The van der Waals surface area contributed by atoms with Gasteiger partial charge in [-0.3, -0.25) is 14.5 Å². The van der Waals surface area contributed by atoms with Crippen LogP contribution in [0.15, 0.2) is 53.4 Å². The molecule has 0 spiro atoms. The van der Waals surface area contributed by atoms with Crippen molar-refractivity contribution in [3.8, 4) is 5.75 Å². The van der Waals surface area contributed by atoms with Crippen molar-refractivity contribution in [2.24, 2.45) is 0 Å². The lowest BCUT2D eigenvalue weighted by molar-refractivity contribution is -0.122. The van der Waals surface area contributed by atoms with Crippen molar-refractivity contribution < 1.29 is 19.1 Å². The van der Waals surface area contributed by atoms with Crippen LogP contribution in [0.4, 0.5) is 10.1 Å². The summed E-state index contributed by atoms with van der Waals surface area (Å²) in [6.07, 6.45) is 2.37. The molecule has 0 atom stereocenters. The quantitative estimate of drug-likeness (QED) is 0.421. The van der Waals surface area contributed by atoms with Crippen molar-refractivity contribution in [2.75, 3.05) is 11.9 Å². The molecule has 1 fully saturated rings. The average molecular weight is 416 g/mol. The van der Waals surface area contributed by atoms with Gasteiger partial charge in [0, 0.05) is 18.7 Å². The van der Waals surface area contributed by atoms with Gasteiger partial charge in [0.2, 0.25) is 5.91 Å². The number of rotatable bonds is 6. The van der Waals surface area contributed by atoms with Gasteiger partial charge in [-0.1, -0.05) is 36.1 Å². The highest BCUT2D eigenvalue weighted by Gasteiger charge is 2.31. The minimum Gasteiger partial charge on any atom is -0.508 e.